The average Bonchev–Trinajstić information content (AvgIpc) is 3.54. The van der Waals surface area contributed by atoms with Crippen molar-refractivity contribution in [2.45, 2.75) is 65.1 Å². The van der Waals surface area contributed by atoms with Gasteiger partial charge in [-0.1, -0.05) is 0 Å². The normalized spacial score (nSPS) is 17.6. The van der Waals surface area contributed by atoms with Crippen molar-refractivity contribution in [2.24, 2.45) is 0 Å². The summed E-state index contributed by atoms with van der Waals surface area (Å²) in [6.45, 7) is 10.3. The number of hydrogen-bond acceptors (Lipinski definition) is 5. The highest BCUT2D eigenvalue weighted by molar-refractivity contribution is 5.84. The van der Waals surface area contributed by atoms with Crippen LogP contribution in [0.2, 0.25) is 0 Å². The summed E-state index contributed by atoms with van der Waals surface area (Å²) in [7, 11) is 0. The van der Waals surface area contributed by atoms with Crippen LogP contribution in [0.1, 0.15) is 61.9 Å². The Morgan fingerprint density at radius 1 is 1.13 bits per heavy atom. The number of likely N-dealkylation sites (tertiary alicyclic amines) is 1. The van der Waals surface area contributed by atoms with Gasteiger partial charge in [-0.15, -0.1) is 0 Å². The van der Waals surface area contributed by atoms with Crippen LogP contribution in [0.3, 0.4) is 0 Å². The van der Waals surface area contributed by atoms with Crippen LogP contribution in [-0.4, -0.2) is 44.6 Å². The standard InChI is InChI=1S/C31H35N5O2/c1-20-16-33-29-26(20)15-22(17-34-29)21-13-23-19-35(24-7-5-10-32-18-24)12-9-25(23)27(14-21)28-8-6-11-36(28)30(37)38-31(2,3)4/h5,7,10,13-18,28H,6,8-9,11-12,19H2,1-4H3,(H,33,34)/t28-/m0/s1. The van der Waals surface area contributed by atoms with E-state index in [9.17, 15) is 4.79 Å². The Labute approximate surface area is 223 Å². The summed E-state index contributed by atoms with van der Waals surface area (Å²) in [5, 5.41) is 1.13. The van der Waals surface area contributed by atoms with Crippen molar-refractivity contribution in [1.29, 1.82) is 0 Å². The number of fused-ring (bicyclic) bond motifs is 2. The van der Waals surface area contributed by atoms with Gasteiger partial charge in [-0.05, 0) is 105 Å². The van der Waals surface area contributed by atoms with E-state index in [1.807, 2.05) is 56.5 Å². The van der Waals surface area contributed by atoms with E-state index in [4.69, 9.17) is 9.72 Å². The van der Waals surface area contributed by atoms with Crippen molar-refractivity contribution >= 4 is 22.8 Å². The van der Waals surface area contributed by atoms with Gasteiger partial charge in [0, 0.05) is 49.2 Å². The van der Waals surface area contributed by atoms with E-state index >= 15 is 0 Å². The van der Waals surface area contributed by atoms with Gasteiger partial charge in [0.15, 0.2) is 0 Å². The number of carbonyl (C=O) groups is 1. The summed E-state index contributed by atoms with van der Waals surface area (Å²) in [5.74, 6) is 0. The van der Waals surface area contributed by atoms with Crippen molar-refractivity contribution in [3.63, 3.8) is 0 Å². The molecule has 196 valence electrons. The lowest BCUT2D eigenvalue weighted by atomic mass is 9.86. The quantitative estimate of drug-likeness (QED) is 0.338. The molecule has 1 aromatic carbocycles. The second-order valence-corrected chi connectivity index (χ2v) is 11.5. The van der Waals surface area contributed by atoms with Gasteiger partial charge < -0.3 is 19.5 Å². The first-order valence-electron chi connectivity index (χ1n) is 13.5. The third-order valence-corrected chi connectivity index (χ3v) is 7.69. The van der Waals surface area contributed by atoms with E-state index in [0.29, 0.717) is 0 Å². The van der Waals surface area contributed by atoms with Gasteiger partial charge in [-0.3, -0.25) is 4.98 Å². The molecule has 0 bridgehead atoms. The van der Waals surface area contributed by atoms with Crippen LogP contribution in [0.15, 0.2) is 55.1 Å². The second kappa shape index (κ2) is 9.46. The Balaban J connectivity index is 1.44. The molecule has 1 N–H and O–H groups in total. The third kappa shape index (κ3) is 4.62. The predicted molar refractivity (Wildman–Crippen MR) is 150 cm³/mol. The third-order valence-electron chi connectivity index (χ3n) is 7.69. The number of H-pyrrole nitrogens is 1. The van der Waals surface area contributed by atoms with Crippen LogP contribution >= 0.6 is 0 Å². The molecule has 1 fully saturated rings. The van der Waals surface area contributed by atoms with E-state index in [2.05, 4.69) is 46.1 Å². The highest BCUT2D eigenvalue weighted by Crippen LogP contribution is 2.41. The molecule has 0 aliphatic carbocycles. The molecule has 0 unspecified atom stereocenters. The van der Waals surface area contributed by atoms with Gasteiger partial charge in [-0.2, -0.15) is 0 Å². The molecule has 0 radical (unpaired) electrons. The summed E-state index contributed by atoms with van der Waals surface area (Å²) in [4.78, 5) is 29.9. The molecule has 6 rings (SSSR count). The number of nitrogens with one attached hydrogen (secondary N) is 1. The van der Waals surface area contributed by atoms with E-state index in [1.165, 1.54) is 22.3 Å². The van der Waals surface area contributed by atoms with Crippen LogP contribution in [0.5, 0.6) is 0 Å². The fourth-order valence-corrected chi connectivity index (χ4v) is 5.88. The first kappa shape index (κ1) is 24.5. The Hall–Kier alpha value is -3.87. The average molecular weight is 510 g/mol. The first-order valence-corrected chi connectivity index (χ1v) is 13.5. The SMILES string of the molecule is Cc1c[nH]c2ncc(-c3cc4c(c([C@@H]5CCCN5C(=O)OC(C)(C)C)c3)CCN(c3cccnc3)C4)cc12. The van der Waals surface area contributed by atoms with E-state index in [-0.39, 0.29) is 12.1 Å². The number of anilines is 1. The lowest BCUT2D eigenvalue weighted by Gasteiger charge is -2.35. The summed E-state index contributed by atoms with van der Waals surface area (Å²) in [5.41, 5.74) is 8.83. The predicted octanol–water partition coefficient (Wildman–Crippen LogP) is 6.57. The van der Waals surface area contributed by atoms with Crippen LogP contribution in [0.25, 0.3) is 22.2 Å². The molecular formula is C31H35N5O2. The molecule has 7 heteroatoms. The van der Waals surface area contributed by atoms with Crippen LogP contribution in [-0.2, 0) is 17.7 Å². The zero-order chi connectivity index (χ0) is 26.4. The lowest BCUT2D eigenvalue weighted by Crippen LogP contribution is -2.37. The molecular weight excluding hydrogens is 474 g/mol. The minimum Gasteiger partial charge on any atom is -0.444 e. The number of amides is 1. The Kier molecular flexibility index (Phi) is 6.09. The van der Waals surface area contributed by atoms with Gasteiger partial charge in [0.1, 0.15) is 11.2 Å². The highest BCUT2D eigenvalue weighted by Gasteiger charge is 2.36. The lowest BCUT2D eigenvalue weighted by molar-refractivity contribution is 0.0224. The number of ether oxygens (including phenoxy) is 1. The number of pyridine rings is 2. The largest absolute Gasteiger partial charge is 0.444 e. The van der Waals surface area contributed by atoms with Crippen LogP contribution < -0.4 is 4.90 Å². The number of rotatable bonds is 3. The summed E-state index contributed by atoms with van der Waals surface area (Å²) < 4.78 is 5.82. The number of carbonyl (C=O) groups excluding carboxylic acids is 1. The van der Waals surface area contributed by atoms with Gasteiger partial charge in [0.05, 0.1) is 17.9 Å². The maximum Gasteiger partial charge on any atom is 0.410 e. The molecule has 1 saturated heterocycles. The van der Waals surface area contributed by atoms with Gasteiger partial charge in [0.25, 0.3) is 0 Å². The summed E-state index contributed by atoms with van der Waals surface area (Å²) in [6, 6.07) is 11.0. The van der Waals surface area contributed by atoms with Gasteiger partial charge in [0.2, 0.25) is 0 Å². The number of aryl methyl sites for hydroxylation is 1. The number of aromatic amines is 1. The molecule has 7 nitrogen and oxygen atoms in total. The topological polar surface area (TPSA) is 74.3 Å². The van der Waals surface area contributed by atoms with Gasteiger partial charge in [-0.25, -0.2) is 9.78 Å². The summed E-state index contributed by atoms with van der Waals surface area (Å²) in [6.07, 6.45) is 10.3. The van der Waals surface area contributed by atoms with Crippen LogP contribution in [0, 0.1) is 6.92 Å². The molecule has 5 heterocycles. The molecule has 0 saturated carbocycles. The number of nitrogens with zero attached hydrogens (tertiary/aromatic N) is 4. The number of hydrogen-bond donors (Lipinski definition) is 1. The molecule has 3 aromatic heterocycles. The van der Waals surface area contributed by atoms with E-state index in [1.54, 1.807) is 0 Å². The van der Waals surface area contributed by atoms with Crippen molar-refractivity contribution in [2.75, 3.05) is 18.0 Å². The molecule has 2 aliphatic heterocycles. The molecule has 1 amide bonds. The maximum atomic E-state index is 13.2. The molecule has 38 heavy (non-hydrogen) atoms. The zero-order valence-electron chi connectivity index (χ0n) is 22.6. The van der Waals surface area contributed by atoms with Crippen molar-refractivity contribution in [3.8, 4) is 11.1 Å². The number of aromatic nitrogens is 3. The fourth-order valence-electron chi connectivity index (χ4n) is 5.88. The minimum absolute atomic E-state index is 0.00850. The van der Waals surface area contributed by atoms with Crippen molar-refractivity contribution in [3.05, 3.63) is 77.4 Å². The molecule has 2 aliphatic rings. The minimum atomic E-state index is -0.523. The maximum absolute atomic E-state index is 13.2. The van der Waals surface area contributed by atoms with Crippen LogP contribution in [0.4, 0.5) is 10.5 Å². The van der Waals surface area contributed by atoms with E-state index in [0.717, 1.165) is 66.7 Å². The first-order chi connectivity index (χ1) is 18.3. The van der Waals surface area contributed by atoms with Gasteiger partial charge >= 0.3 is 6.09 Å². The van der Waals surface area contributed by atoms with Crippen molar-refractivity contribution < 1.29 is 9.53 Å². The summed E-state index contributed by atoms with van der Waals surface area (Å²) >= 11 is 0. The number of benzene rings is 1. The monoisotopic (exact) mass is 509 g/mol. The molecule has 4 aromatic rings. The molecule has 0 spiro atoms. The zero-order valence-corrected chi connectivity index (χ0v) is 22.6. The Morgan fingerprint density at radius 2 is 2.00 bits per heavy atom. The highest BCUT2D eigenvalue weighted by atomic mass is 16.6. The smallest absolute Gasteiger partial charge is 0.410 e. The molecule has 1 atom stereocenters. The van der Waals surface area contributed by atoms with Crippen molar-refractivity contribution in [1.82, 2.24) is 19.9 Å². The van der Waals surface area contributed by atoms with E-state index < -0.39 is 5.60 Å². The Bertz CT molecular complexity index is 1490. The fraction of sp³-hybridized carbons (Fsp3) is 0.387. The second-order valence-electron chi connectivity index (χ2n) is 11.5. The Morgan fingerprint density at radius 3 is 2.79 bits per heavy atom.